The minimum atomic E-state index is -0.861. The van der Waals surface area contributed by atoms with E-state index in [-0.39, 0.29) is 82.9 Å². The van der Waals surface area contributed by atoms with Gasteiger partial charge in [0.1, 0.15) is 52.6 Å². The molecule has 0 spiro atoms. The van der Waals surface area contributed by atoms with Crippen LogP contribution in [0.2, 0.25) is 0 Å². The molecule has 4 aromatic carbocycles. The van der Waals surface area contributed by atoms with Gasteiger partial charge in [-0.1, -0.05) is 6.92 Å². The smallest absolute Gasteiger partial charge is 0.308 e. The molecule has 82 heavy (non-hydrogen) atoms. The van der Waals surface area contributed by atoms with Crippen LogP contribution in [0, 0.1) is 52.9 Å². The highest BCUT2D eigenvalue weighted by Gasteiger charge is 2.30. The quantitative estimate of drug-likeness (QED) is 0.0449. The molecule has 8 rings (SSSR count). The van der Waals surface area contributed by atoms with E-state index in [1.54, 1.807) is 64.1 Å². The number of aldehydes is 1. The van der Waals surface area contributed by atoms with Crippen LogP contribution in [0.25, 0.3) is 0 Å². The van der Waals surface area contributed by atoms with Gasteiger partial charge < -0.3 is 56.1 Å². The molecule has 2 amide bonds. The number of esters is 2. The summed E-state index contributed by atoms with van der Waals surface area (Å²) in [4.78, 5) is 54.4. The van der Waals surface area contributed by atoms with Gasteiger partial charge in [0, 0.05) is 5.92 Å². The Morgan fingerprint density at radius 1 is 0.524 bits per heavy atom. The number of benzene rings is 4. The molecule has 0 bridgehead atoms. The van der Waals surface area contributed by atoms with E-state index in [4.69, 9.17) is 41.3 Å². The lowest BCUT2D eigenvalue weighted by atomic mass is 9.83. The first kappa shape index (κ1) is 69.5. The fourth-order valence-electron chi connectivity index (χ4n) is 9.09. The van der Waals surface area contributed by atoms with E-state index in [1.807, 2.05) is 0 Å². The summed E-state index contributed by atoms with van der Waals surface area (Å²) in [7, 11) is 2.89. The highest BCUT2D eigenvalue weighted by molar-refractivity contribution is 5.83. The van der Waals surface area contributed by atoms with Crippen molar-refractivity contribution in [3.05, 3.63) is 120 Å². The number of aromatic hydroxyl groups is 1. The zero-order valence-corrected chi connectivity index (χ0v) is 48.7. The number of amides is 2. The summed E-state index contributed by atoms with van der Waals surface area (Å²) < 4.78 is 77.0. The van der Waals surface area contributed by atoms with Gasteiger partial charge in [0.15, 0.2) is 0 Å². The first-order valence-corrected chi connectivity index (χ1v) is 28.3. The highest BCUT2D eigenvalue weighted by Crippen LogP contribution is 2.31. The maximum Gasteiger partial charge on any atom is 0.308 e. The second kappa shape index (κ2) is 36.0. The molecule has 4 fully saturated rings. The van der Waals surface area contributed by atoms with E-state index in [0.29, 0.717) is 17.4 Å². The minimum absolute atomic E-state index is 0.00284. The lowest BCUT2D eigenvalue weighted by Crippen LogP contribution is -2.52. The highest BCUT2D eigenvalue weighted by atomic mass is 19.1. The number of phenolic OH excluding ortho intramolecular Hbond substituents is 1. The third-order valence-corrected chi connectivity index (χ3v) is 14.7. The van der Waals surface area contributed by atoms with Crippen molar-refractivity contribution in [2.45, 2.75) is 167 Å². The molecule has 0 aromatic heterocycles. The summed E-state index contributed by atoms with van der Waals surface area (Å²) in [5.41, 5.74) is 13.8. The van der Waals surface area contributed by atoms with Gasteiger partial charge in [-0.2, -0.15) is 0 Å². The third-order valence-electron chi connectivity index (χ3n) is 14.7. The van der Waals surface area contributed by atoms with Gasteiger partial charge in [-0.05, 0) is 246 Å². The van der Waals surface area contributed by atoms with Crippen molar-refractivity contribution < 1.29 is 70.3 Å². The number of carbonyl (C=O) groups is 5. The van der Waals surface area contributed by atoms with Gasteiger partial charge in [-0.25, -0.2) is 17.6 Å². The van der Waals surface area contributed by atoms with Crippen molar-refractivity contribution in [2.24, 2.45) is 46.8 Å². The molecular formula is C63H88F4N4O11. The maximum absolute atomic E-state index is 12.9. The van der Waals surface area contributed by atoms with Crippen LogP contribution < -0.4 is 36.7 Å². The van der Waals surface area contributed by atoms with Crippen LogP contribution in [-0.4, -0.2) is 85.3 Å². The zero-order valence-electron chi connectivity index (χ0n) is 48.7. The maximum atomic E-state index is 12.9. The monoisotopic (exact) mass is 1150 g/mol. The topological polar surface area (TPSA) is 242 Å². The van der Waals surface area contributed by atoms with Crippen molar-refractivity contribution in [1.29, 1.82) is 0 Å². The number of rotatable bonds is 14. The molecular weight excluding hydrogens is 1060 g/mol. The molecule has 19 heteroatoms. The van der Waals surface area contributed by atoms with Crippen molar-refractivity contribution in [3.8, 4) is 23.0 Å². The molecule has 4 aliphatic rings. The molecule has 0 aliphatic heterocycles. The molecule has 0 radical (unpaired) electrons. The predicted octanol–water partition coefficient (Wildman–Crippen LogP) is 11.2. The largest absolute Gasteiger partial charge is 0.508 e. The fraction of sp³-hybridized carbons (Fsp3) is 0.540. The Balaban J connectivity index is 0.000000269. The lowest BCUT2D eigenvalue weighted by molar-refractivity contribution is -0.147. The molecule has 15 nitrogen and oxygen atoms in total. The van der Waals surface area contributed by atoms with Crippen LogP contribution in [0.4, 0.5) is 17.6 Å². The third kappa shape index (κ3) is 27.8. The Morgan fingerprint density at radius 2 is 0.829 bits per heavy atom. The number of nitrogens with one attached hydrogen (secondary N) is 1. The van der Waals surface area contributed by atoms with Crippen LogP contribution in [0.1, 0.15) is 137 Å². The zero-order chi connectivity index (χ0) is 60.8. The summed E-state index contributed by atoms with van der Waals surface area (Å²) in [6.45, 7) is 9.77. The molecule has 0 heterocycles. The number of hydrogen-bond donors (Lipinski definition) is 5. The summed E-state index contributed by atoms with van der Waals surface area (Å²) in [5.74, 6) is 1.87. The minimum Gasteiger partial charge on any atom is -0.508 e. The molecule has 8 N–H and O–H groups in total. The van der Waals surface area contributed by atoms with Gasteiger partial charge in [0.25, 0.3) is 0 Å². The Kier molecular flexibility index (Phi) is 30.5. The van der Waals surface area contributed by atoms with E-state index in [9.17, 15) is 41.5 Å². The number of hydrogen-bond acceptors (Lipinski definition) is 13. The summed E-state index contributed by atoms with van der Waals surface area (Å²) in [6, 6.07) is 23.3. The van der Waals surface area contributed by atoms with Crippen LogP contribution >= 0.6 is 0 Å². The van der Waals surface area contributed by atoms with Crippen molar-refractivity contribution in [3.63, 3.8) is 0 Å². The Labute approximate surface area is 481 Å². The number of carbonyl (C=O) groups excluding carboxylic acids is 5. The Bertz CT molecular complexity index is 2450. The molecule has 0 saturated heterocycles. The lowest BCUT2D eigenvalue weighted by Gasteiger charge is -2.31. The molecule has 4 aromatic rings. The van der Waals surface area contributed by atoms with E-state index < -0.39 is 17.0 Å². The number of nitrogens with two attached hydrogens (primary N) is 3. The van der Waals surface area contributed by atoms with Crippen molar-refractivity contribution >= 4 is 30.0 Å². The summed E-state index contributed by atoms with van der Waals surface area (Å²) >= 11 is 0. The number of methoxy groups -OCH3 is 2. The number of halogens is 4. The van der Waals surface area contributed by atoms with Crippen molar-refractivity contribution in [1.82, 2.24) is 5.32 Å². The predicted molar refractivity (Wildman–Crippen MR) is 306 cm³/mol. The Hall–Kier alpha value is -6.73. The number of phenols is 1. The number of primary amides is 2. The van der Waals surface area contributed by atoms with E-state index in [2.05, 4.69) is 17.0 Å². The summed E-state index contributed by atoms with van der Waals surface area (Å²) in [6.07, 6.45) is 16.8. The van der Waals surface area contributed by atoms with Gasteiger partial charge in [0.05, 0.1) is 55.4 Å². The normalized spacial score (nSPS) is 22.1. The first-order valence-electron chi connectivity index (χ1n) is 28.3. The average Bonchev–Trinajstić information content (AvgIpc) is 3.49. The first-order chi connectivity index (χ1) is 38.8. The average molecular weight is 1150 g/mol. The Morgan fingerprint density at radius 3 is 1.12 bits per heavy atom. The number of ether oxygens (including phenoxy) is 5. The van der Waals surface area contributed by atoms with Crippen LogP contribution in [0.5, 0.6) is 23.0 Å². The fourth-order valence-corrected chi connectivity index (χ4v) is 9.09. The van der Waals surface area contributed by atoms with Crippen LogP contribution in [0.15, 0.2) is 97.1 Å². The molecule has 0 unspecified atom stereocenters. The van der Waals surface area contributed by atoms with Crippen LogP contribution in [0.3, 0.4) is 0 Å². The van der Waals surface area contributed by atoms with E-state index >= 15 is 0 Å². The molecule has 454 valence electrons. The van der Waals surface area contributed by atoms with Crippen LogP contribution in [-0.2, 0) is 33.4 Å². The molecule has 4 saturated carbocycles. The summed E-state index contributed by atoms with van der Waals surface area (Å²) in [5, 5.41) is 11.8. The van der Waals surface area contributed by atoms with Gasteiger partial charge in [0.2, 0.25) is 11.8 Å². The standard InChI is InChI=1S/C17H25FN2O2.C14H17FO3.C13H15FO2.C9H16O2.C6H5FO.C4H10N2O/c1-17(2,16(19)21)20-11-12-3-7-14(8-4-12)22-15-9-5-13(18)6-10-15;1-17-14(16)10-2-6-12(7-3-10)18-13-8-4-11(15)5-9-13;14-11-3-7-13(8-4-11)16-12-5-1-10(9-15)2-6-12;1-7-3-5-8(6-4-7)9(10)11-2;7-5-1-3-6(8)4-2-5;1-4(2,6)3(5)7/h5-6,9-10,12,14,20H,3-4,7-8,11H2,1-2H3,(H2,19,21);4-5,8-10,12H,2-3,6-7H2,1H3;3-4,7-10,12H,1-2,5-6H2;7-8H,3-6H2,1-2H3;1-4,8H;6H2,1-2H3,(H2,5,7). The van der Waals surface area contributed by atoms with Gasteiger partial charge >= 0.3 is 11.9 Å². The van der Waals surface area contributed by atoms with Gasteiger partial charge in [-0.15, -0.1) is 0 Å². The van der Waals surface area contributed by atoms with E-state index in [0.717, 1.165) is 114 Å². The van der Waals surface area contributed by atoms with E-state index in [1.165, 1.54) is 87.7 Å². The molecule has 0 atom stereocenters. The van der Waals surface area contributed by atoms with Gasteiger partial charge in [-0.3, -0.25) is 19.2 Å². The second-order valence-electron chi connectivity index (χ2n) is 22.4. The molecule has 4 aliphatic carbocycles. The second-order valence-corrected chi connectivity index (χ2v) is 22.4. The SMILES string of the molecule is CC(C)(N)C(N)=O.CC(C)(NCC1CCC(Oc2ccc(F)cc2)CC1)C(N)=O.COC(=O)C1CCC(C)CC1.COC(=O)C1CCC(Oc2ccc(F)cc2)CC1.O=CC1CCC(Oc2ccc(F)cc2)CC1.Oc1ccc(F)cc1. The van der Waals surface area contributed by atoms with Crippen molar-refractivity contribution in [2.75, 3.05) is 20.8 Å².